The predicted octanol–water partition coefficient (Wildman–Crippen LogP) is 1.90. The number of nitrogens with one attached hydrogen (secondary N) is 1. The van der Waals surface area contributed by atoms with E-state index in [1.165, 1.54) is 7.05 Å². The lowest BCUT2D eigenvalue weighted by molar-refractivity contribution is -0.154. The van der Waals surface area contributed by atoms with Gasteiger partial charge in [0.05, 0.1) is 5.69 Å². The van der Waals surface area contributed by atoms with Gasteiger partial charge in [-0.05, 0) is 27.0 Å². The van der Waals surface area contributed by atoms with Crippen molar-refractivity contribution in [2.24, 2.45) is 0 Å². The lowest BCUT2D eigenvalue weighted by atomic mass is 10.1. The molecule has 0 aromatic carbocycles. The van der Waals surface area contributed by atoms with Crippen molar-refractivity contribution in [1.29, 1.82) is 0 Å². The Balaban J connectivity index is 2.85. The monoisotopic (exact) mass is 235 g/mol. The molecule has 1 aromatic heterocycles. The van der Waals surface area contributed by atoms with Gasteiger partial charge < -0.3 is 5.32 Å². The summed E-state index contributed by atoms with van der Waals surface area (Å²) in [7, 11) is 1.32. The summed E-state index contributed by atoms with van der Waals surface area (Å²) >= 11 is 0. The first-order valence-electron chi connectivity index (χ1n) is 5.15. The second-order valence-corrected chi connectivity index (χ2v) is 3.68. The van der Waals surface area contributed by atoms with Gasteiger partial charge in [-0.25, -0.2) is 0 Å². The fraction of sp³-hybridized carbons (Fsp3) is 0.700. The van der Waals surface area contributed by atoms with Crippen LogP contribution in [0.15, 0.2) is 6.07 Å². The van der Waals surface area contributed by atoms with Crippen LogP contribution in [0, 0.1) is 6.92 Å². The highest BCUT2D eigenvalue weighted by atomic mass is 19.4. The standard InChI is InChI=1S/C10H16F3N3/c1-4-16-8(5-7(2)15-16)6-9(14-3)10(11,12)13/h5,9,14H,4,6H2,1-3H3. The number of hydrogen-bond donors (Lipinski definition) is 1. The van der Waals surface area contributed by atoms with Crippen LogP contribution in [0.4, 0.5) is 13.2 Å². The SMILES string of the molecule is CCn1nc(C)cc1CC(NC)C(F)(F)F. The lowest BCUT2D eigenvalue weighted by Crippen LogP contribution is -2.42. The molecule has 1 heterocycles. The Kier molecular flexibility index (Phi) is 3.96. The van der Waals surface area contributed by atoms with Gasteiger partial charge in [-0.1, -0.05) is 0 Å². The van der Waals surface area contributed by atoms with Crippen LogP contribution in [0.25, 0.3) is 0 Å². The van der Waals surface area contributed by atoms with Crippen molar-refractivity contribution in [3.05, 3.63) is 17.5 Å². The Morgan fingerprint density at radius 3 is 2.56 bits per heavy atom. The van der Waals surface area contributed by atoms with Crippen LogP contribution in [0.1, 0.15) is 18.3 Å². The van der Waals surface area contributed by atoms with Crippen LogP contribution in [0.5, 0.6) is 0 Å². The largest absolute Gasteiger partial charge is 0.404 e. The zero-order chi connectivity index (χ0) is 12.3. The van der Waals surface area contributed by atoms with Crippen molar-refractivity contribution in [3.8, 4) is 0 Å². The van der Waals surface area contributed by atoms with Crippen molar-refractivity contribution in [2.45, 2.75) is 39.0 Å². The average Bonchev–Trinajstić information content (AvgIpc) is 2.53. The fourth-order valence-corrected chi connectivity index (χ4v) is 1.63. The lowest BCUT2D eigenvalue weighted by Gasteiger charge is -2.19. The highest BCUT2D eigenvalue weighted by Crippen LogP contribution is 2.23. The maximum Gasteiger partial charge on any atom is 0.404 e. The van der Waals surface area contributed by atoms with Gasteiger partial charge >= 0.3 is 6.18 Å². The number of likely N-dealkylation sites (N-methyl/N-ethyl adjacent to an activating group) is 1. The van der Waals surface area contributed by atoms with Gasteiger partial charge in [0.2, 0.25) is 0 Å². The number of nitrogens with zero attached hydrogens (tertiary/aromatic N) is 2. The predicted molar refractivity (Wildman–Crippen MR) is 55.2 cm³/mol. The van der Waals surface area contributed by atoms with E-state index in [0.29, 0.717) is 12.2 Å². The van der Waals surface area contributed by atoms with E-state index >= 15 is 0 Å². The maximum absolute atomic E-state index is 12.6. The minimum Gasteiger partial charge on any atom is -0.309 e. The molecule has 1 N–H and O–H groups in total. The summed E-state index contributed by atoms with van der Waals surface area (Å²) in [6, 6.07) is 0.174. The molecule has 0 aliphatic rings. The third-order valence-electron chi connectivity index (χ3n) is 2.44. The van der Waals surface area contributed by atoms with Crippen molar-refractivity contribution >= 4 is 0 Å². The molecule has 0 saturated carbocycles. The molecule has 6 heteroatoms. The molecule has 0 spiro atoms. The molecule has 92 valence electrons. The summed E-state index contributed by atoms with van der Waals surface area (Å²) < 4.78 is 39.3. The molecule has 0 aliphatic heterocycles. The van der Waals surface area contributed by atoms with Crippen LogP contribution in [0.2, 0.25) is 0 Å². The van der Waals surface area contributed by atoms with Crippen LogP contribution in [0.3, 0.4) is 0 Å². The minimum atomic E-state index is -4.23. The van der Waals surface area contributed by atoms with Gasteiger partial charge in [0, 0.05) is 18.7 Å². The van der Waals surface area contributed by atoms with Crippen molar-refractivity contribution in [1.82, 2.24) is 15.1 Å². The Labute approximate surface area is 92.6 Å². The van der Waals surface area contributed by atoms with E-state index < -0.39 is 12.2 Å². The molecule has 3 nitrogen and oxygen atoms in total. The smallest absolute Gasteiger partial charge is 0.309 e. The van der Waals surface area contributed by atoms with E-state index in [4.69, 9.17) is 0 Å². The van der Waals surface area contributed by atoms with Crippen LogP contribution >= 0.6 is 0 Å². The molecule has 0 amide bonds. The molecule has 16 heavy (non-hydrogen) atoms. The molecular weight excluding hydrogens is 219 g/mol. The third-order valence-corrected chi connectivity index (χ3v) is 2.44. The Morgan fingerprint density at radius 1 is 1.50 bits per heavy atom. The summed E-state index contributed by atoms with van der Waals surface area (Å²) in [5.41, 5.74) is 1.35. The van der Waals surface area contributed by atoms with E-state index in [0.717, 1.165) is 5.69 Å². The summed E-state index contributed by atoms with van der Waals surface area (Å²) in [4.78, 5) is 0. The van der Waals surface area contributed by atoms with E-state index in [1.807, 2.05) is 6.92 Å². The Bertz CT molecular complexity index is 344. The third kappa shape index (κ3) is 2.98. The Hall–Kier alpha value is -1.04. The molecule has 1 aromatic rings. The van der Waals surface area contributed by atoms with Gasteiger partial charge in [-0.2, -0.15) is 18.3 Å². The zero-order valence-corrected chi connectivity index (χ0v) is 9.60. The summed E-state index contributed by atoms with van der Waals surface area (Å²) in [5.74, 6) is 0. The highest BCUT2D eigenvalue weighted by molar-refractivity contribution is 5.11. The quantitative estimate of drug-likeness (QED) is 0.863. The Morgan fingerprint density at radius 2 is 2.12 bits per heavy atom. The van der Waals surface area contributed by atoms with E-state index in [1.54, 1.807) is 17.7 Å². The molecule has 1 unspecified atom stereocenters. The van der Waals surface area contributed by atoms with Gasteiger partial charge in [0.1, 0.15) is 6.04 Å². The van der Waals surface area contributed by atoms with Gasteiger partial charge in [0.25, 0.3) is 0 Å². The highest BCUT2D eigenvalue weighted by Gasteiger charge is 2.38. The number of hydrogen-bond acceptors (Lipinski definition) is 2. The summed E-state index contributed by atoms with van der Waals surface area (Å²) in [6.07, 6.45) is -4.32. The first-order chi connectivity index (χ1) is 7.38. The van der Waals surface area contributed by atoms with E-state index in [2.05, 4.69) is 10.4 Å². The first kappa shape index (κ1) is 13.0. The molecular formula is C10H16F3N3. The van der Waals surface area contributed by atoms with Gasteiger partial charge in [-0.15, -0.1) is 0 Å². The van der Waals surface area contributed by atoms with E-state index in [9.17, 15) is 13.2 Å². The van der Waals surface area contributed by atoms with Gasteiger partial charge in [0.15, 0.2) is 0 Å². The second kappa shape index (κ2) is 4.86. The number of aryl methyl sites for hydroxylation is 2. The molecule has 0 saturated heterocycles. The van der Waals surface area contributed by atoms with Crippen LogP contribution in [-0.2, 0) is 13.0 Å². The fourth-order valence-electron chi connectivity index (χ4n) is 1.63. The van der Waals surface area contributed by atoms with Crippen LogP contribution in [-0.4, -0.2) is 29.0 Å². The second-order valence-electron chi connectivity index (χ2n) is 3.68. The van der Waals surface area contributed by atoms with Crippen molar-refractivity contribution in [2.75, 3.05) is 7.05 Å². The topological polar surface area (TPSA) is 29.9 Å². The molecule has 1 atom stereocenters. The summed E-state index contributed by atoms with van der Waals surface area (Å²) in [6.45, 7) is 4.22. The van der Waals surface area contributed by atoms with Gasteiger partial charge in [-0.3, -0.25) is 4.68 Å². The number of halogens is 3. The summed E-state index contributed by atoms with van der Waals surface area (Å²) in [5, 5.41) is 6.41. The number of alkyl halides is 3. The van der Waals surface area contributed by atoms with Crippen molar-refractivity contribution in [3.63, 3.8) is 0 Å². The minimum absolute atomic E-state index is 0.0886. The van der Waals surface area contributed by atoms with Crippen molar-refractivity contribution < 1.29 is 13.2 Å². The molecule has 0 bridgehead atoms. The normalized spacial score (nSPS) is 14.1. The number of aromatic nitrogens is 2. The molecule has 0 fully saturated rings. The number of rotatable bonds is 4. The zero-order valence-electron chi connectivity index (χ0n) is 9.60. The molecule has 1 rings (SSSR count). The molecule has 0 aliphatic carbocycles. The molecule has 0 radical (unpaired) electrons. The average molecular weight is 235 g/mol. The first-order valence-corrected chi connectivity index (χ1v) is 5.15. The van der Waals surface area contributed by atoms with E-state index in [-0.39, 0.29) is 6.42 Å². The van der Waals surface area contributed by atoms with Crippen LogP contribution < -0.4 is 5.32 Å². The maximum atomic E-state index is 12.6.